The van der Waals surface area contributed by atoms with Gasteiger partial charge in [-0.05, 0) is 62.1 Å². The quantitative estimate of drug-likeness (QED) is 0.567. The molecule has 34 heavy (non-hydrogen) atoms. The van der Waals surface area contributed by atoms with E-state index in [9.17, 15) is 12.8 Å². The van der Waals surface area contributed by atoms with Crippen LogP contribution in [-0.4, -0.2) is 56.8 Å². The van der Waals surface area contributed by atoms with E-state index in [-0.39, 0.29) is 18.5 Å². The van der Waals surface area contributed by atoms with Crippen molar-refractivity contribution in [3.05, 3.63) is 54.5 Å². The number of morpholine rings is 1. The van der Waals surface area contributed by atoms with Crippen molar-refractivity contribution in [1.29, 1.82) is 0 Å². The summed E-state index contributed by atoms with van der Waals surface area (Å²) in [6.45, 7) is 2.86. The largest absolute Gasteiger partial charge is 0.474 e. The van der Waals surface area contributed by atoms with Crippen molar-refractivity contribution in [3.8, 4) is 5.88 Å². The molecule has 182 valence electrons. The Morgan fingerprint density at radius 1 is 1.09 bits per heavy atom. The maximum Gasteiger partial charge on any atom is 0.240 e. The Kier molecular flexibility index (Phi) is 6.62. The number of sulfonamides is 1. The smallest absolute Gasteiger partial charge is 0.240 e. The zero-order valence-corrected chi connectivity index (χ0v) is 19.5. The van der Waals surface area contributed by atoms with Crippen LogP contribution in [0.25, 0.3) is 10.9 Å². The molecule has 8 nitrogen and oxygen atoms in total. The Labute approximate surface area is 199 Å². The Balaban J connectivity index is 0.00000289. The lowest BCUT2D eigenvalue weighted by atomic mass is 9.94. The number of benzene rings is 1. The molecule has 1 aliphatic carbocycles. The molecule has 5 rings (SSSR count). The van der Waals surface area contributed by atoms with Crippen molar-refractivity contribution >= 4 is 26.7 Å². The van der Waals surface area contributed by atoms with Gasteiger partial charge in [0.25, 0.3) is 0 Å². The SMILES string of the molecule is O=S(=O)(NC1CCC(Oc2nc(N3CCOCC3)cc3ncccc23)CC1)c1ccc(F)cc1.[HH]. The van der Waals surface area contributed by atoms with E-state index in [4.69, 9.17) is 14.5 Å². The van der Waals surface area contributed by atoms with Crippen LogP contribution in [0.1, 0.15) is 27.1 Å². The van der Waals surface area contributed by atoms with Crippen molar-refractivity contribution < 1.29 is 23.7 Å². The first-order valence-corrected chi connectivity index (χ1v) is 13.0. The number of hydrogen-bond donors (Lipinski definition) is 1. The second-order valence-electron chi connectivity index (χ2n) is 8.62. The highest BCUT2D eigenvalue weighted by Gasteiger charge is 2.28. The number of aromatic nitrogens is 2. The third-order valence-corrected chi connectivity index (χ3v) is 7.82. The summed E-state index contributed by atoms with van der Waals surface area (Å²) in [6.07, 6.45) is 4.37. The summed E-state index contributed by atoms with van der Waals surface area (Å²) in [4.78, 5) is 11.5. The van der Waals surface area contributed by atoms with Crippen LogP contribution in [-0.2, 0) is 14.8 Å². The molecule has 0 amide bonds. The average molecular weight is 489 g/mol. The van der Waals surface area contributed by atoms with Crippen molar-refractivity contribution in [3.63, 3.8) is 0 Å². The molecule has 1 aliphatic heterocycles. The third-order valence-electron chi connectivity index (χ3n) is 6.28. The van der Waals surface area contributed by atoms with Crippen molar-refractivity contribution in [2.75, 3.05) is 31.2 Å². The molecular formula is C24H29FN4O4S. The molecule has 0 spiro atoms. The molecule has 1 aromatic carbocycles. The standard InChI is InChI=1S/C24H27FN4O4S.H2/c25-17-3-9-20(10-4-17)34(30,31)28-18-5-7-19(8-6-18)33-24-21-2-1-11-26-22(21)16-23(27-24)29-12-14-32-15-13-29;/h1-4,9-11,16,18-19,28H,5-8,12-15H2;1H. The van der Waals surface area contributed by atoms with E-state index in [1.165, 1.54) is 12.1 Å². The number of nitrogens with one attached hydrogen (secondary N) is 1. The van der Waals surface area contributed by atoms with E-state index < -0.39 is 15.8 Å². The van der Waals surface area contributed by atoms with Crippen LogP contribution >= 0.6 is 0 Å². The molecule has 0 unspecified atom stereocenters. The summed E-state index contributed by atoms with van der Waals surface area (Å²) in [5.74, 6) is 0.915. The van der Waals surface area contributed by atoms with Gasteiger partial charge in [-0.1, -0.05) is 0 Å². The number of anilines is 1. The topological polar surface area (TPSA) is 93.7 Å². The molecule has 2 fully saturated rings. The molecule has 0 atom stereocenters. The van der Waals surface area contributed by atoms with Gasteiger partial charge < -0.3 is 14.4 Å². The van der Waals surface area contributed by atoms with Gasteiger partial charge in [-0.25, -0.2) is 17.5 Å². The lowest BCUT2D eigenvalue weighted by molar-refractivity contribution is 0.121. The summed E-state index contributed by atoms with van der Waals surface area (Å²) < 4.78 is 52.9. The molecule has 10 heteroatoms. The minimum Gasteiger partial charge on any atom is -0.474 e. The predicted octanol–water partition coefficient (Wildman–Crippen LogP) is 3.52. The maximum absolute atomic E-state index is 13.1. The third kappa shape index (κ3) is 5.13. The number of rotatable bonds is 6. The van der Waals surface area contributed by atoms with Crippen LogP contribution in [0.4, 0.5) is 10.2 Å². The van der Waals surface area contributed by atoms with Crippen molar-refractivity contribution in [1.82, 2.24) is 14.7 Å². The molecule has 2 aromatic heterocycles. The number of halogens is 1. The lowest BCUT2D eigenvalue weighted by Crippen LogP contribution is -2.39. The minimum absolute atomic E-state index is 0. The molecule has 3 aromatic rings. The van der Waals surface area contributed by atoms with Crippen LogP contribution < -0.4 is 14.4 Å². The van der Waals surface area contributed by atoms with Gasteiger partial charge >= 0.3 is 0 Å². The molecule has 2 aliphatic rings. The normalized spacial score (nSPS) is 21.5. The van der Waals surface area contributed by atoms with Gasteiger partial charge in [0.1, 0.15) is 17.7 Å². The molecule has 1 saturated carbocycles. The molecule has 1 saturated heterocycles. The Bertz CT molecular complexity index is 1250. The highest BCUT2D eigenvalue weighted by Crippen LogP contribution is 2.31. The summed E-state index contributed by atoms with van der Waals surface area (Å²) in [7, 11) is -3.69. The van der Waals surface area contributed by atoms with Crippen LogP contribution in [0.2, 0.25) is 0 Å². The van der Waals surface area contributed by atoms with E-state index in [0.29, 0.717) is 44.8 Å². The number of ether oxygens (including phenoxy) is 2. The molecule has 0 radical (unpaired) electrons. The summed E-state index contributed by atoms with van der Waals surface area (Å²) in [5, 5.41) is 0.860. The number of nitrogens with zero attached hydrogens (tertiary/aromatic N) is 3. The van der Waals surface area contributed by atoms with Crippen LogP contribution in [0.3, 0.4) is 0 Å². The van der Waals surface area contributed by atoms with Crippen molar-refractivity contribution in [2.24, 2.45) is 0 Å². The fraction of sp³-hybridized carbons (Fsp3) is 0.417. The Hall–Kier alpha value is -2.82. The maximum atomic E-state index is 13.1. The minimum atomic E-state index is -3.69. The molecule has 1 N–H and O–H groups in total. The van der Waals surface area contributed by atoms with Crippen molar-refractivity contribution in [2.45, 2.75) is 42.7 Å². The zero-order chi connectivity index (χ0) is 23.5. The van der Waals surface area contributed by atoms with Gasteiger partial charge in [-0.2, -0.15) is 4.98 Å². The monoisotopic (exact) mass is 488 g/mol. The average Bonchev–Trinajstić information content (AvgIpc) is 2.86. The number of fused-ring (bicyclic) bond motifs is 1. The fourth-order valence-corrected chi connectivity index (χ4v) is 5.74. The number of hydrogen-bond acceptors (Lipinski definition) is 7. The van der Waals surface area contributed by atoms with Gasteiger partial charge in [-0.3, -0.25) is 4.98 Å². The Morgan fingerprint density at radius 3 is 2.56 bits per heavy atom. The van der Waals surface area contributed by atoms with E-state index in [2.05, 4.69) is 14.6 Å². The van der Waals surface area contributed by atoms with E-state index in [0.717, 1.165) is 41.9 Å². The molecular weight excluding hydrogens is 459 g/mol. The van der Waals surface area contributed by atoms with Crippen LogP contribution in [0.15, 0.2) is 53.6 Å². The van der Waals surface area contributed by atoms with Gasteiger partial charge in [0.2, 0.25) is 15.9 Å². The second-order valence-corrected chi connectivity index (χ2v) is 10.3. The second kappa shape index (κ2) is 9.81. The first-order valence-electron chi connectivity index (χ1n) is 11.5. The highest BCUT2D eigenvalue weighted by molar-refractivity contribution is 7.89. The first-order chi connectivity index (χ1) is 16.5. The van der Waals surface area contributed by atoms with Gasteiger partial charge in [0.05, 0.1) is 29.0 Å². The lowest BCUT2D eigenvalue weighted by Gasteiger charge is -2.30. The summed E-state index contributed by atoms with van der Waals surface area (Å²) in [5.41, 5.74) is 0.828. The summed E-state index contributed by atoms with van der Waals surface area (Å²) in [6, 6.07) is 10.5. The van der Waals surface area contributed by atoms with Crippen LogP contribution in [0, 0.1) is 5.82 Å². The van der Waals surface area contributed by atoms with Crippen LogP contribution in [0.5, 0.6) is 5.88 Å². The zero-order valence-electron chi connectivity index (χ0n) is 18.7. The van der Waals surface area contributed by atoms with Gasteiger partial charge in [0.15, 0.2) is 0 Å². The van der Waals surface area contributed by atoms with E-state index in [1.54, 1.807) is 6.20 Å². The van der Waals surface area contributed by atoms with E-state index >= 15 is 0 Å². The summed E-state index contributed by atoms with van der Waals surface area (Å²) >= 11 is 0. The number of pyridine rings is 2. The van der Waals surface area contributed by atoms with Gasteiger partial charge in [-0.15, -0.1) is 0 Å². The first kappa shape index (κ1) is 22.9. The predicted molar refractivity (Wildman–Crippen MR) is 128 cm³/mol. The fourth-order valence-electron chi connectivity index (χ4n) is 4.43. The molecule has 3 heterocycles. The highest BCUT2D eigenvalue weighted by atomic mass is 32.2. The Morgan fingerprint density at radius 2 is 1.82 bits per heavy atom. The van der Waals surface area contributed by atoms with E-state index in [1.807, 2.05) is 18.2 Å². The van der Waals surface area contributed by atoms with Gasteiger partial charge in [0, 0.05) is 32.8 Å². The molecule has 0 bridgehead atoms.